The quantitative estimate of drug-likeness (QED) is 0.310. The minimum Gasteiger partial charge on any atom is -0.462 e. The lowest BCUT2D eigenvalue weighted by Crippen LogP contribution is -2.40. The number of nitrogens with zero attached hydrogens (tertiary/aromatic N) is 5. The largest absolute Gasteiger partial charge is 0.462 e. The minimum absolute atomic E-state index is 0.0509. The topological polar surface area (TPSA) is 91.0 Å². The van der Waals surface area contributed by atoms with Gasteiger partial charge in [0.25, 0.3) is 0 Å². The molecule has 1 saturated carbocycles. The summed E-state index contributed by atoms with van der Waals surface area (Å²) in [7, 11) is 1.56. The third-order valence-electron chi connectivity index (χ3n) is 8.11. The summed E-state index contributed by atoms with van der Waals surface area (Å²) in [5, 5.41) is 6.13. The fourth-order valence-electron chi connectivity index (χ4n) is 5.85. The second-order valence-electron chi connectivity index (χ2n) is 10.7. The van der Waals surface area contributed by atoms with Crippen molar-refractivity contribution >= 4 is 28.3 Å². The van der Waals surface area contributed by atoms with Gasteiger partial charge in [-0.1, -0.05) is 0 Å². The number of ether oxygens (including phenoxy) is 2. The molecule has 1 aliphatic carbocycles. The van der Waals surface area contributed by atoms with Gasteiger partial charge in [0.05, 0.1) is 34.6 Å². The average molecular weight is 530 g/mol. The van der Waals surface area contributed by atoms with E-state index in [1.165, 1.54) is 18.4 Å². The molecule has 0 unspecified atom stereocenters. The number of likely N-dealkylation sites (tertiary alicyclic amines) is 1. The van der Waals surface area contributed by atoms with Crippen molar-refractivity contribution in [2.75, 3.05) is 33.4 Å². The van der Waals surface area contributed by atoms with E-state index in [-0.39, 0.29) is 24.4 Å². The van der Waals surface area contributed by atoms with E-state index in [9.17, 15) is 9.59 Å². The predicted molar refractivity (Wildman–Crippen MR) is 148 cm³/mol. The van der Waals surface area contributed by atoms with Gasteiger partial charge < -0.3 is 18.9 Å². The van der Waals surface area contributed by atoms with Gasteiger partial charge >= 0.3 is 5.97 Å². The summed E-state index contributed by atoms with van der Waals surface area (Å²) in [6, 6.07) is 8.07. The van der Waals surface area contributed by atoms with E-state index in [0.717, 1.165) is 66.0 Å². The van der Waals surface area contributed by atoms with Crippen molar-refractivity contribution in [3.63, 3.8) is 0 Å². The maximum Gasteiger partial charge on any atom is 0.339 e. The van der Waals surface area contributed by atoms with Crippen molar-refractivity contribution in [3.8, 4) is 11.4 Å². The molecular formula is C30H35N5O4. The Labute approximate surface area is 227 Å². The molecule has 0 spiro atoms. The Kier molecular flexibility index (Phi) is 6.85. The van der Waals surface area contributed by atoms with E-state index in [0.29, 0.717) is 18.1 Å². The molecule has 39 heavy (non-hydrogen) atoms. The van der Waals surface area contributed by atoms with Gasteiger partial charge in [-0.15, -0.1) is 0 Å². The highest BCUT2D eigenvalue weighted by atomic mass is 16.5. The number of pyridine rings is 2. The van der Waals surface area contributed by atoms with Crippen LogP contribution in [0.1, 0.15) is 60.1 Å². The molecule has 2 fully saturated rings. The number of hydrogen-bond donors (Lipinski definition) is 0. The molecule has 1 aliphatic heterocycles. The second-order valence-corrected chi connectivity index (χ2v) is 10.7. The average Bonchev–Trinajstić information content (AvgIpc) is 3.62. The fraction of sp³-hybridized carbons (Fsp3) is 0.467. The van der Waals surface area contributed by atoms with Crippen LogP contribution in [0.4, 0.5) is 0 Å². The number of amides is 1. The predicted octanol–water partition coefficient (Wildman–Crippen LogP) is 4.60. The molecule has 6 rings (SSSR count). The first-order valence-electron chi connectivity index (χ1n) is 13.9. The van der Waals surface area contributed by atoms with Crippen LogP contribution in [-0.4, -0.2) is 69.4 Å². The number of hydrogen-bond acceptors (Lipinski definition) is 6. The zero-order chi connectivity index (χ0) is 27.1. The highest BCUT2D eigenvalue weighted by molar-refractivity contribution is 5.91. The summed E-state index contributed by atoms with van der Waals surface area (Å²) in [6.45, 7) is 6.73. The molecule has 1 amide bonds. The molecule has 2 aliphatic rings. The molecule has 1 saturated heterocycles. The Morgan fingerprint density at radius 3 is 2.62 bits per heavy atom. The molecule has 0 radical (unpaired) electrons. The minimum atomic E-state index is -0.345. The summed E-state index contributed by atoms with van der Waals surface area (Å²) in [5.74, 6) is 0.654. The van der Waals surface area contributed by atoms with Crippen LogP contribution >= 0.6 is 0 Å². The van der Waals surface area contributed by atoms with Gasteiger partial charge in [-0.3, -0.25) is 9.78 Å². The highest BCUT2D eigenvalue weighted by Crippen LogP contribution is 2.40. The van der Waals surface area contributed by atoms with Gasteiger partial charge in [-0.25, -0.2) is 9.31 Å². The standard InChI is InChI=1S/C30H35N5O4/c1-4-39-30(37)23-7-8-24-19(2)27(32-35(24)17-23)25-15-22-9-12-31-28(29(22)34(25)16-20-5-6-20)21-10-13-33(14-11-21)26(36)18-38-3/h7-9,12,15,17,20-21H,4-6,10-11,13-14,16,18H2,1-3H3. The zero-order valence-corrected chi connectivity index (χ0v) is 22.9. The number of aryl methyl sites for hydroxylation is 1. The van der Waals surface area contributed by atoms with Gasteiger partial charge in [0.1, 0.15) is 12.3 Å². The van der Waals surface area contributed by atoms with E-state index in [1.54, 1.807) is 30.8 Å². The van der Waals surface area contributed by atoms with Gasteiger partial charge in [0, 0.05) is 56.0 Å². The third kappa shape index (κ3) is 4.80. The van der Waals surface area contributed by atoms with E-state index >= 15 is 0 Å². The number of esters is 1. The zero-order valence-electron chi connectivity index (χ0n) is 22.9. The molecule has 9 heteroatoms. The van der Waals surface area contributed by atoms with E-state index in [4.69, 9.17) is 19.6 Å². The van der Waals surface area contributed by atoms with Crippen LogP contribution in [0.15, 0.2) is 36.7 Å². The van der Waals surface area contributed by atoms with E-state index < -0.39 is 0 Å². The molecule has 0 aromatic carbocycles. The lowest BCUT2D eigenvalue weighted by molar-refractivity contribution is -0.136. The molecular weight excluding hydrogens is 494 g/mol. The van der Waals surface area contributed by atoms with Crippen LogP contribution in [0.25, 0.3) is 27.8 Å². The fourth-order valence-corrected chi connectivity index (χ4v) is 5.85. The molecule has 204 valence electrons. The highest BCUT2D eigenvalue weighted by Gasteiger charge is 2.30. The van der Waals surface area contributed by atoms with Gasteiger partial charge in [-0.05, 0) is 69.7 Å². The Morgan fingerprint density at radius 1 is 1.10 bits per heavy atom. The maximum absolute atomic E-state index is 12.3. The first-order chi connectivity index (χ1) is 19.0. The summed E-state index contributed by atoms with van der Waals surface area (Å²) < 4.78 is 14.5. The van der Waals surface area contributed by atoms with Gasteiger partial charge in [0.2, 0.25) is 5.91 Å². The van der Waals surface area contributed by atoms with Crippen molar-refractivity contribution < 1.29 is 19.1 Å². The first kappa shape index (κ1) is 25.6. The Bertz CT molecular complexity index is 1540. The molecule has 9 nitrogen and oxygen atoms in total. The Hall–Kier alpha value is -3.72. The maximum atomic E-state index is 12.3. The van der Waals surface area contributed by atoms with Crippen LogP contribution in [0, 0.1) is 12.8 Å². The van der Waals surface area contributed by atoms with Crippen LogP contribution in [-0.2, 0) is 20.8 Å². The van der Waals surface area contributed by atoms with Gasteiger partial charge in [-0.2, -0.15) is 5.10 Å². The van der Waals surface area contributed by atoms with Crippen molar-refractivity contribution in [1.82, 2.24) is 24.1 Å². The SMILES string of the molecule is CCOC(=O)c1ccc2c(C)c(-c3cc4ccnc(C5CCN(C(=O)COC)CC5)c4n3CC3CC3)nn2c1. The number of carbonyl (C=O) groups excluding carboxylic acids is 2. The van der Waals surface area contributed by atoms with E-state index in [2.05, 4.69) is 23.6 Å². The van der Waals surface area contributed by atoms with E-state index in [1.807, 2.05) is 17.2 Å². The van der Waals surface area contributed by atoms with Crippen LogP contribution < -0.4 is 0 Å². The van der Waals surface area contributed by atoms with Crippen molar-refractivity contribution in [2.45, 2.75) is 52.0 Å². The molecule has 4 aromatic rings. The second kappa shape index (κ2) is 10.4. The normalized spacial score (nSPS) is 16.3. The smallest absolute Gasteiger partial charge is 0.339 e. The van der Waals surface area contributed by atoms with Crippen molar-refractivity contribution in [1.29, 1.82) is 0 Å². The number of carbonyl (C=O) groups is 2. The van der Waals surface area contributed by atoms with Crippen LogP contribution in [0.3, 0.4) is 0 Å². The third-order valence-corrected chi connectivity index (χ3v) is 8.11. The monoisotopic (exact) mass is 529 g/mol. The molecule has 0 N–H and O–H groups in total. The number of aromatic nitrogens is 4. The molecule has 5 heterocycles. The number of piperidine rings is 1. The van der Waals surface area contributed by atoms with Crippen LogP contribution in [0.5, 0.6) is 0 Å². The first-order valence-corrected chi connectivity index (χ1v) is 13.9. The Morgan fingerprint density at radius 2 is 1.90 bits per heavy atom. The molecule has 4 aromatic heterocycles. The van der Waals surface area contributed by atoms with Gasteiger partial charge in [0.15, 0.2) is 0 Å². The van der Waals surface area contributed by atoms with Crippen molar-refractivity contribution in [2.24, 2.45) is 5.92 Å². The Balaban J connectivity index is 1.40. The number of fused-ring (bicyclic) bond motifs is 2. The summed E-state index contributed by atoms with van der Waals surface area (Å²) in [5.41, 5.74) is 6.82. The summed E-state index contributed by atoms with van der Waals surface area (Å²) in [6.07, 6.45) is 7.91. The number of methoxy groups -OCH3 is 1. The lowest BCUT2D eigenvalue weighted by atomic mass is 9.92. The lowest BCUT2D eigenvalue weighted by Gasteiger charge is -2.32. The molecule has 0 bridgehead atoms. The number of rotatable bonds is 8. The van der Waals surface area contributed by atoms with Crippen LogP contribution in [0.2, 0.25) is 0 Å². The summed E-state index contributed by atoms with van der Waals surface area (Å²) >= 11 is 0. The summed E-state index contributed by atoms with van der Waals surface area (Å²) in [4.78, 5) is 31.5. The van der Waals surface area contributed by atoms with Crippen molar-refractivity contribution in [3.05, 3.63) is 53.5 Å². The molecule has 0 atom stereocenters.